The zero-order chi connectivity index (χ0) is 15.0. The molecule has 1 amide bonds. The third kappa shape index (κ3) is 2.75. The van der Waals surface area contributed by atoms with Crippen molar-refractivity contribution in [1.82, 2.24) is 9.97 Å². The van der Waals surface area contributed by atoms with Crippen molar-refractivity contribution in [3.8, 4) is 0 Å². The summed E-state index contributed by atoms with van der Waals surface area (Å²) in [6.07, 6.45) is 0.844. The van der Waals surface area contributed by atoms with Crippen molar-refractivity contribution in [1.29, 1.82) is 0 Å². The number of halogens is 1. The van der Waals surface area contributed by atoms with E-state index in [1.165, 1.54) is 0 Å². The normalized spacial score (nSPS) is 13.1. The van der Waals surface area contributed by atoms with E-state index in [-0.39, 0.29) is 17.0 Å². The minimum absolute atomic E-state index is 0.0600. The van der Waals surface area contributed by atoms with E-state index in [0.717, 1.165) is 29.9 Å². The average molecular weight is 304 g/mol. The molecule has 2 aromatic rings. The second-order valence-electron chi connectivity index (χ2n) is 4.82. The number of hydrogen-bond donors (Lipinski definition) is 2. The van der Waals surface area contributed by atoms with E-state index in [4.69, 9.17) is 17.3 Å². The van der Waals surface area contributed by atoms with Gasteiger partial charge in [0.25, 0.3) is 0 Å². The van der Waals surface area contributed by atoms with E-state index < -0.39 is 0 Å². The largest absolute Gasteiger partial charge is 0.368 e. The molecule has 21 heavy (non-hydrogen) atoms. The van der Waals surface area contributed by atoms with Crippen LogP contribution in [0, 0.1) is 0 Å². The van der Waals surface area contributed by atoms with Gasteiger partial charge in [0.15, 0.2) is 0 Å². The summed E-state index contributed by atoms with van der Waals surface area (Å²) in [7, 11) is 0. The molecule has 0 spiro atoms. The van der Waals surface area contributed by atoms with Gasteiger partial charge in [-0.1, -0.05) is 11.6 Å². The van der Waals surface area contributed by atoms with Crippen LogP contribution >= 0.6 is 11.6 Å². The third-order valence-corrected chi connectivity index (χ3v) is 3.53. The monoisotopic (exact) mass is 303 g/mol. The van der Waals surface area contributed by atoms with Gasteiger partial charge in [-0.05, 0) is 30.2 Å². The van der Waals surface area contributed by atoms with Gasteiger partial charge >= 0.3 is 0 Å². The highest BCUT2D eigenvalue weighted by molar-refractivity contribution is 6.29. The lowest BCUT2D eigenvalue weighted by molar-refractivity contribution is -0.116. The number of hydrogen-bond acceptors (Lipinski definition) is 5. The predicted molar refractivity (Wildman–Crippen MR) is 82.9 cm³/mol. The Labute approximate surface area is 126 Å². The van der Waals surface area contributed by atoms with Crippen molar-refractivity contribution in [3.05, 3.63) is 35.0 Å². The molecule has 3 rings (SSSR count). The van der Waals surface area contributed by atoms with Gasteiger partial charge in [0, 0.05) is 30.9 Å². The number of nitrogens with zero attached hydrogens (tertiary/aromatic N) is 3. The molecule has 7 heteroatoms. The zero-order valence-corrected chi connectivity index (χ0v) is 12.2. The Kier molecular flexibility index (Phi) is 3.39. The van der Waals surface area contributed by atoms with E-state index in [1.807, 2.05) is 18.2 Å². The van der Waals surface area contributed by atoms with Crippen LogP contribution < -0.4 is 16.0 Å². The maximum absolute atomic E-state index is 11.5. The maximum atomic E-state index is 11.5. The Bertz CT molecular complexity index is 698. The van der Waals surface area contributed by atoms with E-state index in [2.05, 4.69) is 15.3 Å². The van der Waals surface area contributed by atoms with Crippen LogP contribution in [0.2, 0.25) is 5.15 Å². The van der Waals surface area contributed by atoms with Crippen LogP contribution in [-0.4, -0.2) is 22.4 Å². The van der Waals surface area contributed by atoms with E-state index in [1.54, 1.807) is 17.9 Å². The molecule has 1 aromatic carbocycles. The first-order chi connectivity index (χ1) is 10.0. The summed E-state index contributed by atoms with van der Waals surface area (Å²) in [5.74, 6) is 0.715. The molecule has 0 radical (unpaired) electrons. The molecule has 1 aliphatic rings. The quantitative estimate of drug-likeness (QED) is 0.832. The van der Waals surface area contributed by atoms with Crippen molar-refractivity contribution in [3.63, 3.8) is 0 Å². The molecule has 0 atom stereocenters. The average Bonchev–Trinajstić information content (AvgIpc) is 2.80. The van der Waals surface area contributed by atoms with Crippen LogP contribution in [0.25, 0.3) is 0 Å². The van der Waals surface area contributed by atoms with E-state index in [0.29, 0.717) is 5.82 Å². The summed E-state index contributed by atoms with van der Waals surface area (Å²) in [6.45, 7) is 2.30. The first-order valence-electron chi connectivity index (χ1n) is 6.51. The maximum Gasteiger partial charge on any atom is 0.223 e. The first-order valence-corrected chi connectivity index (χ1v) is 6.89. The van der Waals surface area contributed by atoms with Crippen LogP contribution in [0.1, 0.15) is 12.5 Å². The lowest BCUT2D eigenvalue weighted by atomic mass is 10.1. The summed E-state index contributed by atoms with van der Waals surface area (Å²) < 4.78 is 0. The molecule has 2 heterocycles. The highest BCUT2D eigenvalue weighted by atomic mass is 35.5. The second-order valence-corrected chi connectivity index (χ2v) is 5.21. The minimum Gasteiger partial charge on any atom is -0.368 e. The Balaban J connectivity index is 1.87. The van der Waals surface area contributed by atoms with Gasteiger partial charge in [-0.3, -0.25) is 4.79 Å². The number of nitrogen functional groups attached to an aromatic ring is 1. The van der Waals surface area contributed by atoms with Crippen molar-refractivity contribution in [2.24, 2.45) is 0 Å². The molecule has 1 aromatic heterocycles. The highest BCUT2D eigenvalue weighted by Gasteiger charge is 2.22. The number of nitrogens with two attached hydrogens (primary N) is 1. The van der Waals surface area contributed by atoms with Crippen LogP contribution in [0.15, 0.2) is 24.3 Å². The van der Waals surface area contributed by atoms with Crippen molar-refractivity contribution in [2.75, 3.05) is 22.5 Å². The van der Waals surface area contributed by atoms with E-state index in [9.17, 15) is 4.79 Å². The molecule has 0 bridgehead atoms. The number of aromatic nitrogens is 2. The summed E-state index contributed by atoms with van der Waals surface area (Å²) >= 11 is 5.85. The lowest BCUT2D eigenvalue weighted by Gasteiger charge is -2.15. The lowest BCUT2D eigenvalue weighted by Crippen LogP contribution is -2.25. The number of anilines is 4. The number of fused-ring (bicyclic) bond motifs is 1. The van der Waals surface area contributed by atoms with Crippen molar-refractivity contribution < 1.29 is 4.79 Å². The number of carbonyl (C=O) groups excluding carboxylic acids is 1. The van der Waals surface area contributed by atoms with Gasteiger partial charge in [0.2, 0.25) is 11.9 Å². The molecule has 108 valence electrons. The van der Waals surface area contributed by atoms with Crippen molar-refractivity contribution in [2.45, 2.75) is 13.3 Å². The molecule has 1 aliphatic heterocycles. The van der Waals surface area contributed by atoms with Crippen LogP contribution in [-0.2, 0) is 11.2 Å². The molecular weight excluding hydrogens is 290 g/mol. The molecule has 6 nitrogen and oxygen atoms in total. The highest BCUT2D eigenvalue weighted by Crippen LogP contribution is 2.31. The summed E-state index contributed by atoms with van der Waals surface area (Å²) in [5.41, 5.74) is 8.53. The summed E-state index contributed by atoms with van der Waals surface area (Å²) in [6, 6.07) is 7.43. The molecule has 0 saturated heterocycles. The molecular formula is C14H14ClN5O. The van der Waals surface area contributed by atoms with E-state index >= 15 is 0 Å². The molecule has 0 fully saturated rings. The molecule has 0 aliphatic carbocycles. The van der Waals surface area contributed by atoms with Gasteiger partial charge in [-0.15, -0.1) is 0 Å². The van der Waals surface area contributed by atoms with Gasteiger partial charge < -0.3 is 16.0 Å². The summed E-state index contributed by atoms with van der Waals surface area (Å²) in [5, 5.41) is 3.43. The van der Waals surface area contributed by atoms with Crippen LogP contribution in [0.5, 0.6) is 0 Å². The topological polar surface area (TPSA) is 84.1 Å². The standard InChI is InChI=1S/C14H14ClN5O/c1-8(21)20-5-4-9-6-10(2-3-11(9)20)17-13-7-12(15)18-14(16)19-13/h2-3,6-7H,4-5H2,1H3,(H3,16,17,18,19). The van der Waals surface area contributed by atoms with Crippen LogP contribution in [0.3, 0.4) is 0 Å². The SMILES string of the molecule is CC(=O)N1CCc2cc(Nc3cc(Cl)nc(N)n3)ccc21. The molecule has 3 N–H and O–H groups in total. The number of nitrogens with one attached hydrogen (secondary N) is 1. The Hall–Kier alpha value is -2.34. The minimum atomic E-state index is 0.0600. The Morgan fingerprint density at radius 3 is 2.90 bits per heavy atom. The predicted octanol–water partition coefficient (Wildman–Crippen LogP) is 2.36. The second kappa shape index (κ2) is 5.21. The Morgan fingerprint density at radius 1 is 1.38 bits per heavy atom. The van der Waals surface area contributed by atoms with Gasteiger partial charge in [-0.2, -0.15) is 4.98 Å². The van der Waals surface area contributed by atoms with Crippen LogP contribution in [0.4, 0.5) is 23.1 Å². The zero-order valence-electron chi connectivity index (χ0n) is 11.4. The van der Waals surface area contributed by atoms with Gasteiger partial charge in [0.05, 0.1) is 0 Å². The fourth-order valence-corrected chi connectivity index (χ4v) is 2.64. The fourth-order valence-electron chi connectivity index (χ4n) is 2.45. The number of benzene rings is 1. The number of amides is 1. The molecule has 0 unspecified atom stereocenters. The number of rotatable bonds is 2. The smallest absolute Gasteiger partial charge is 0.223 e. The molecule has 0 saturated carbocycles. The van der Waals surface area contributed by atoms with Crippen molar-refractivity contribution >= 4 is 40.6 Å². The summed E-state index contributed by atoms with van der Waals surface area (Å²) in [4.78, 5) is 21.2. The third-order valence-electron chi connectivity index (χ3n) is 3.34. The Morgan fingerprint density at radius 2 is 2.19 bits per heavy atom. The van der Waals surface area contributed by atoms with Gasteiger partial charge in [0.1, 0.15) is 11.0 Å². The first kappa shape index (κ1) is 13.6. The fraction of sp³-hybridized carbons (Fsp3) is 0.214. The van der Waals surface area contributed by atoms with Gasteiger partial charge in [-0.25, -0.2) is 4.98 Å². The number of carbonyl (C=O) groups is 1.